The maximum atomic E-state index is 12.9. The number of rotatable bonds is 6. The molecule has 1 amide bonds. The van der Waals surface area contributed by atoms with Crippen molar-refractivity contribution in [2.45, 2.75) is 56.4 Å². The van der Waals surface area contributed by atoms with Crippen LogP contribution in [-0.4, -0.2) is 62.4 Å². The lowest BCUT2D eigenvalue weighted by Gasteiger charge is -2.34. The molecule has 1 aromatic carbocycles. The topological polar surface area (TPSA) is 66.9 Å². The van der Waals surface area contributed by atoms with Crippen LogP contribution in [0.3, 0.4) is 0 Å². The molecule has 2 fully saturated rings. The summed E-state index contributed by atoms with van der Waals surface area (Å²) in [7, 11) is -3.51. The summed E-state index contributed by atoms with van der Waals surface area (Å²) in [6.07, 6.45) is 3.41. The molecule has 0 bridgehead atoms. The Morgan fingerprint density at radius 1 is 1.19 bits per heavy atom. The van der Waals surface area contributed by atoms with Crippen molar-refractivity contribution >= 4 is 15.9 Å². The number of carbonyl (C=O) groups excluding carboxylic acids is 1. The zero-order valence-corrected chi connectivity index (χ0v) is 17.1. The molecule has 27 heavy (non-hydrogen) atoms. The number of piperazine rings is 1. The first-order valence-electron chi connectivity index (χ1n) is 9.91. The second-order valence-corrected chi connectivity index (χ2v) is 9.44. The Balaban J connectivity index is 1.58. The van der Waals surface area contributed by atoms with E-state index >= 15 is 0 Å². The van der Waals surface area contributed by atoms with Gasteiger partial charge in [0.15, 0.2) is 0 Å². The molecule has 2 heterocycles. The van der Waals surface area contributed by atoms with Crippen molar-refractivity contribution in [1.29, 1.82) is 0 Å². The number of hydrogen-bond donors (Lipinski definition) is 0. The molecule has 2 aliphatic rings. The van der Waals surface area contributed by atoms with Gasteiger partial charge in [-0.2, -0.15) is 4.31 Å². The van der Waals surface area contributed by atoms with Gasteiger partial charge in [-0.05, 0) is 42.9 Å². The molecule has 150 valence electrons. The van der Waals surface area contributed by atoms with Crippen LogP contribution in [-0.2, 0) is 19.6 Å². The van der Waals surface area contributed by atoms with Crippen LogP contribution in [0.15, 0.2) is 29.2 Å². The number of hydrogen-bond acceptors (Lipinski definition) is 4. The molecule has 3 rings (SSSR count). The van der Waals surface area contributed by atoms with Crippen LogP contribution in [0.5, 0.6) is 0 Å². The van der Waals surface area contributed by atoms with Crippen molar-refractivity contribution < 1.29 is 17.9 Å². The van der Waals surface area contributed by atoms with Crippen LogP contribution in [0.1, 0.15) is 51.0 Å². The van der Waals surface area contributed by atoms with Crippen LogP contribution in [0, 0.1) is 0 Å². The van der Waals surface area contributed by atoms with Crippen molar-refractivity contribution in [2.75, 3.05) is 32.8 Å². The van der Waals surface area contributed by atoms with Crippen molar-refractivity contribution in [1.82, 2.24) is 9.21 Å². The van der Waals surface area contributed by atoms with Crippen molar-refractivity contribution in [3.8, 4) is 0 Å². The largest absolute Gasteiger partial charge is 0.378 e. The van der Waals surface area contributed by atoms with E-state index in [-0.39, 0.29) is 12.0 Å². The van der Waals surface area contributed by atoms with Gasteiger partial charge in [-0.25, -0.2) is 8.42 Å². The second-order valence-electron chi connectivity index (χ2n) is 7.50. The van der Waals surface area contributed by atoms with Crippen LogP contribution in [0.25, 0.3) is 0 Å². The van der Waals surface area contributed by atoms with E-state index in [1.54, 1.807) is 17.0 Å². The molecule has 2 saturated heterocycles. The maximum absolute atomic E-state index is 12.9. The second kappa shape index (κ2) is 8.71. The maximum Gasteiger partial charge on any atom is 0.243 e. The SMILES string of the molecule is CC[C@@H](C)c1ccc(S(=O)(=O)N2CCN(C(=O)C[C@@H]3CCCO3)CC2)cc1. The molecule has 0 aliphatic carbocycles. The summed E-state index contributed by atoms with van der Waals surface area (Å²) in [4.78, 5) is 14.5. The minimum atomic E-state index is -3.51. The van der Waals surface area contributed by atoms with E-state index in [0.29, 0.717) is 43.4 Å². The fourth-order valence-electron chi connectivity index (χ4n) is 3.66. The Kier molecular flexibility index (Phi) is 6.55. The highest BCUT2D eigenvalue weighted by molar-refractivity contribution is 7.89. The van der Waals surface area contributed by atoms with Gasteiger partial charge in [-0.1, -0.05) is 26.0 Å². The standard InChI is InChI=1S/C20H30N2O4S/c1-3-16(2)17-6-8-19(9-7-17)27(24,25)22-12-10-21(11-13-22)20(23)15-18-5-4-14-26-18/h6-9,16,18H,3-5,10-15H2,1-2H3/t16-,18+/m1/s1. The minimum absolute atomic E-state index is 0.0308. The van der Waals surface area contributed by atoms with Crippen molar-refractivity contribution in [3.05, 3.63) is 29.8 Å². The van der Waals surface area contributed by atoms with E-state index in [2.05, 4.69) is 13.8 Å². The summed E-state index contributed by atoms with van der Waals surface area (Å²) in [5, 5.41) is 0. The lowest BCUT2D eigenvalue weighted by molar-refractivity contribution is -0.134. The molecule has 6 nitrogen and oxygen atoms in total. The molecular formula is C20H30N2O4S. The molecule has 0 aromatic heterocycles. The summed E-state index contributed by atoms with van der Waals surface area (Å²) in [6, 6.07) is 7.21. The third-order valence-corrected chi connectivity index (χ3v) is 7.63. The fraction of sp³-hybridized carbons (Fsp3) is 0.650. The van der Waals surface area contributed by atoms with Crippen molar-refractivity contribution in [3.63, 3.8) is 0 Å². The minimum Gasteiger partial charge on any atom is -0.378 e. The Hall–Kier alpha value is -1.44. The van der Waals surface area contributed by atoms with Crippen LogP contribution < -0.4 is 0 Å². The monoisotopic (exact) mass is 394 g/mol. The number of benzene rings is 1. The summed E-state index contributed by atoms with van der Waals surface area (Å²) < 4.78 is 32.8. The lowest BCUT2D eigenvalue weighted by atomic mass is 9.99. The van der Waals surface area contributed by atoms with E-state index in [4.69, 9.17) is 4.74 Å². The lowest BCUT2D eigenvalue weighted by Crippen LogP contribution is -2.50. The van der Waals surface area contributed by atoms with Gasteiger partial charge < -0.3 is 9.64 Å². The van der Waals surface area contributed by atoms with Gasteiger partial charge in [-0.15, -0.1) is 0 Å². The summed E-state index contributed by atoms with van der Waals surface area (Å²) in [6.45, 7) is 6.55. The first-order chi connectivity index (χ1) is 12.9. The third kappa shape index (κ3) is 4.70. The zero-order valence-electron chi connectivity index (χ0n) is 16.3. The summed E-state index contributed by atoms with van der Waals surface area (Å²) in [5.74, 6) is 0.483. The Bertz CT molecular complexity index is 734. The molecule has 0 spiro atoms. The molecule has 2 aliphatic heterocycles. The predicted molar refractivity (Wildman–Crippen MR) is 104 cm³/mol. The van der Waals surface area contributed by atoms with E-state index in [1.165, 1.54) is 4.31 Å². The van der Waals surface area contributed by atoms with E-state index in [0.717, 1.165) is 31.4 Å². The summed E-state index contributed by atoms with van der Waals surface area (Å²) in [5.41, 5.74) is 1.15. The third-order valence-electron chi connectivity index (χ3n) is 5.72. The quantitative estimate of drug-likeness (QED) is 0.744. The van der Waals surface area contributed by atoms with Gasteiger partial charge in [0.2, 0.25) is 15.9 Å². The zero-order chi connectivity index (χ0) is 19.4. The Morgan fingerprint density at radius 2 is 1.85 bits per heavy atom. The number of nitrogens with zero attached hydrogens (tertiary/aromatic N) is 2. The highest BCUT2D eigenvalue weighted by Crippen LogP contribution is 2.23. The first kappa shape index (κ1) is 20.3. The molecule has 0 unspecified atom stereocenters. The molecule has 0 radical (unpaired) electrons. The highest BCUT2D eigenvalue weighted by Gasteiger charge is 2.31. The molecular weight excluding hydrogens is 364 g/mol. The molecule has 7 heteroatoms. The van der Waals surface area contributed by atoms with Gasteiger partial charge in [0.1, 0.15) is 0 Å². The highest BCUT2D eigenvalue weighted by atomic mass is 32.2. The van der Waals surface area contributed by atoms with Gasteiger partial charge in [0, 0.05) is 32.8 Å². The number of ether oxygens (including phenoxy) is 1. The average Bonchev–Trinajstić information content (AvgIpc) is 3.20. The first-order valence-corrected chi connectivity index (χ1v) is 11.3. The van der Waals surface area contributed by atoms with Crippen LogP contribution in [0.4, 0.5) is 0 Å². The Morgan fingerprint density at radius 3 is 2.41 bits per heavy atom. The fourth-order valence-corrected chi connectivity index (χ4v) is 5.08. The summed E-state index contributed by atoms with van der Waals surface area (Å²) >= 11 is 0. The molecule has 1 aromatic rings. The van der Waals surface area contributed by atoms with Gasteiger partial charge in [-0.3, -0.25) is 4.79 Å². The number of sulfonamides is 1. The molecule has 2 atom stereocenters. The molecule has 0 N–H and O–H groups in total. The molecule has 0 saturated carbocycles. The average molecular weight is 395 g/mol. The van der Waals surface area contributed by atoms with E-state index in [9.17, 15) is 13.2 Å². The smallest absolute Gasteiger partial charge is 0.243 e. The van der Waals surface area contributed by atoms with Gasteiger partial charge in [0.25, 0.3) is 0 Å². The predicted octanol–water partition coefficient (Wildman–Crippen LogP) is 2.60. The van der Waals surface area contributed by atoms with Gasteiger partial charge in [0.05, 0.1) is 17.4 Å². The van der Waals surface area contributed by atoms with Crippen LogP contribution >= 0.6 is 0 Å². The normalized spacial score (nSPS) is 22.7. The van der Waals surface area contributed by atoms with Crippen molar-refractivity contribution in [2.24, 2.45) is 0 Å². The number of amides is 1. The van der Waals surface area contributed by atoms with E-state index in [1.807, 2.05) is 12.1 Å². The Labute approximate surface area is 162 Å². The van der Waals surface area contributed by atoms with E-state index < -0.39 is 10.0 Å². The van der Waals surface area contributed by atoms with Crippen LogP contribution in [0.2, 0.25) is 0 Å². The number of carbonyl (C=O) groups is 1. The van der Waals surface area contributed by atoms with Gasteiger partial charge >= 0.3 is 0 Å².